The van der Waals surface area contributed by atoms with Crippen molar-refractivity contribution in [1.29, 1.82) is 0 Å². The lowest BCUT2D eigenvalue weighted by molar-refractivity contribution is -0.121. The normalized spacial score (nSPS) is 16.5. The van der Waals surface area contributed by atoms with Gasteiger partial charge in [-0.15, -0.1) is 0 Å². The number of carbonyl (C=O) groups excluding carboxylic acids is 2. The molecule has 5 heteroatoms. The van der Waals surface area contributed by atoms with Gasteiger partial charge in [-0.1, -0.05) is 36.8 Å². The summed E-state index contributed by atoms with van der Waals surface area (Å²) in [5, 5.41) is 5.86. The summed E-state index contributed by atoms with van der Waals surface area (Å²) in [5.74, 6) is -0.0584. The molecule has 0 fully saturated rings. The van der Waals surface area contributed by atoms with Crippen molar-refractivity contribution in [3.63, 3.8) is 0 Å². The number of nitrogens with one attached hydrogen (secondary N) is 2. The Morgan fingerprint density at radius 1 is 0.760 bits per heavy atom. The molecule has 5 nitrogen and oxygen atoms in total. The van der Waals surface area contributed by atoms with E-state index in [4.69, 9.17) is 0 Å². The molecule has 2 aromatic rings. The van der Waals surface area contributed by atoms with E-state index < -0.39 is 0 Å². The van der Waals surface area contributed by atoms with Crippen molar-refractivity contribution in [2.45, 2.75) is 45.2 Å². The van der Waals surface area contributed by atoms with Gasteiger partial charge in [-0.25, -0.2) is 4.98 Å². The summed E-state index contributed by atoms with van der Waals surface area (Å²) in [7, 11) is 0. The molecule has 25 heavy (non-hydrogen) atoms. The van der Waals surface area contributed by atoms with Crippen LogP contribution >= 0.6 is 0 Å². The molecule has 3 heterocycles. The number of hydrogen-bond donors (Lipinski definition) is 2. The molecule has 4 bridgehead atoms. The van der Waals surface area contributed by atoms with E-state index in [2.05, 4.69) is 15.6 Å². The molecular formula is C20H23N3O2. The number of aryl methyl sites for hydroxylation is 1. The predicted octanol–water partition coefficient (Wildman–Crippen LogP) is 2.74. The van der Waals surface area contributed by atoms with Gasteiger partial charge in [0.15, 0.2) is 0 Å². The Kier molecular flexibility index (Phi) is 5.77. The van der Waals surface area contributed by atoms with Gasteiger partial charge in [0.25, 0.3) is 5.91 Å². The van der Waals surface area contributed by atoms with Gasteiger partial charge in [0.2, 0.25) is 5.91 Å². The molecule has 1 aromatic carbocycles. The Balaban J connectivity index is 1.74. The third kappa shape index (κ3) is 5.14. The minimum absolute atomic E-state index is 0.0950. The summed E-state index contributed by atoms with van der Waals surface area (Å²) in [6.45, 7) is 0.997. The summed E-state index contributed by atoms with van der Waals surface area (Å²) >= 11 is 0. The number of carbonyl (C=O) groups is 2. The number of hydrogen-bond acceptors (Lipinski definition) is 3. The van der Waals surface area contributed by atoms with Gasteiger partial charge in [0.05, 0.1) is 0 Å². The predicted molar refractivity (Wildman–Crippen MR) is 95.9 cm³/mol. The minimum Gasteiger partial charge on any atom is -0.352 e. The first-order chi connectivity index (χ1) is 12.2. The fraction of sp³-hybridized carbons (Fsp3) is 0.350. The van der Waals surface area contributed by atoms with Gasteiger partial charge < -0.3 is 10.6 Å². The molecule has 1 aromatic heterocycles. The largest absolute Gasteiger partial charge is 0.352 e. The van der Waals surface area contributed by atoms with Crippen LogP contribution in [0, 0.1) is 0 Å². The summed E-state index contributed by atoms with van der Waals surface area (Å²) in [6.07, 6.45) is 4.18. The van der Waals surface area contributed by atoms with Crippen LogP contribution in [0.5, 0.6) is 0 Å². The van der Waals surface area contributed by atoms with Crippen LogP contribution in [-0.4, -0.2) is 16.8 Å². The molecule has 2 aliphatic heterocycles. The standard InChI is InChI=1S/C20H23N3O2/c24-19-8-3-1-2-5-17-6-4-7-18(23-17)20(25)22-14-16-11-9-15(10-12-16)13-21-19/h4,6-7,9-12H,1-3,5,8,13-14H2,(H,21,24)(H,22,25). The van der Waals surface area contributed by atoms with Crippen LogP contribution in [0.15, 0.2) is 42.5 Å². The van der Waals surface area contributed by atoms with Crippen LogP contribution in [-0.2, 0) is 24.3 Å². The number of rotatable bonds is 0. The van der Waals surface area contributed by atoms with E-state index in [1.54, 1.807) is 6.07 Å². The number of amides is 2. The maximum absolute atomic E-state index is 12.3. The van der Waals surface area contributed by atoms with Crippen molar-refractivity contribution in [3.05, 3.63) is 65.0 Å². The quantitative estimate of drug-likeness (QED) is 0.776. The lowest BCUT2D eigenvalue weighted by Crippen LogP contribution is -2.24. The molecule has 0 aliphatic carbocycles. The first kappa shape index (κ1) is 17.1. The van der Waals surface area contributed by atoms with Gasteiger partial charge in [-0.2, -0.15) is 0 Å². The Morgan fingerprint density at radius 2 is 1.44 bits per heavy atom. The number of aromatic nitrogens is 1. The second-order valence-corrected chi connectivity index (χ2v) is 6.35. The molecule has 130 valence electrons. The molecule has 0 saturated carbocycles. The number of pyridine rings is 1. The highest BCUT2D eigenvalue weighted by molar-refractivity contribution is 5.92. The first-order valence-electron chi connectivity index (χ1n) is 8.79. The van der Waals surface area contributed by atoms with Gasteiger partial charge in [-0.05, 0) is 42.5 Å². The van der Waals surface area contributed by atoms with E-state index in [-0.39, 0.29) is 11.8 Å². The highest BCUT2D eigenvalue weighted by Crippen LogP contribution is 2.09. The van der Waals surface area contributed by atoms with E-state index in [1.807, 2.05) is 36.4 Å². The Morgan fingerprint density at radius 3 is 2.20 bits per heavy atom. The average molecular weight is 337 g/mol. The van der Waals surface area contributed by atoms with E-state index in [1.165, 1.54) is 0 Å². The molecule has 0 unspecified atom stereocenters. The number of nitrogens with zero attached hydrogens (tertiary/aromatic N) is 1. The van der Waals surface area contributed by atoms with E-state index in [0.717, 1.165) is 42.5 Å². The molecule has 4 rings (SSSR count). The Labute approximate surface area is 147 Å². The van der Waals surface area contributed by atoms with Gasteiger partial charge in [-0.3, -0.25) is 9.59 Å². The fourth-order valence-corrected chi connectivity index (χ4v) is 2.85. The summed E-state index contributed by atoms with van der Waals surface area (Å²) in [4.78, 5) is 28.6. The van der Waals surface area contributed by atoms with Crippen LogP contribution in [0.4, 0.5) is 0 Å². The summed E-state index contributed by atoms with van der Waals surface area (Å²) < 4.78 is 0. The van der Waals surface area contributed by atoms with Crippen molar-refractivity contribution in [1.82, 2.24) is 15.6 Å². The van der Waals surface area contributed by atoms with Crippen LogP contribution in [0.1, 0.15) is 53.0 Å². The minimum atomic E-state index is -0.153. The van der Waals surface area contributed by atoms with Crippen LogP contribution in [0.2, 0.25) is 0 Å². The zero-order chi connectivity index (χ0) is 17.5. The molecule has 2 aliphatic rings. The van der Waals surface area contributed by atoms with Crippen molar-refractivity contribution >= 4 is 11.8 Å². The smallest absolute Gasteiger partial charge is 0.270 e. The van der Waals surface area contributed by atoms with Gasteiger partial charge in [0, 0.05) is 25.2 Å². The third-order valence-electron chi connectivity index (χ3n) is 4.34. The van der Waals surface area contributed by atoms with Gasteiger partial charge >= 0.3 is 0 Å². The van der Waals surface area contributed by atoms with E-state index >= 15 is 0 Å². The van der Waals surface area contributed by atoms with Crippen LogP contribution in [0.3, 0.4) is 0 Å². The molecule has 0 radical (unpaired) electrons. The topological polar surface area (TPSA) is 71.1 Å². The lowest BCUT2D eigenvalue weighted by Gasteiger charge is -2.09. The molecule has 0 saturated heterocycles. The van der Waals surface area contributed by atoms with Crippen molar-refractivity contribution in [2.75, 3.05) is 0 Å². The zero-order valence-electron chi connectivity index (χ0n) is 14.3. The van der Waals surface area contributed by atoms with Crippen molar-refractivity contribution < 1.29 is 9.59 Å². The summed E-state index contributed by atoms with van der Waals surface area (Å²) in [5.41, 5.74) is 3.44. The molecule has 2 amide bonds. The SMILES string of the molecule is O=C1CCCCCc2cccc(n2)C(=O)NCc2ccc(cc2)CN1. The fourth-order valence-electron chi connectivity index (χ4n) is 2.85. The molecular weight excluding hydrogens is 314 g/mol. The highest BCUT2D eigenvalue weighted by atomic mass is 16.2. The van der Waals surface area contributed by atoms with Crippen molar-refractivity contribution in [3.8, 4) is 0 Å². The first-order valence-corrected chi connectivity index (χ1v) is 8.79. The average Bonchev–Trinajstić information content (AvgIpc) is 2.64. The van der Waals surface area contributed by atoms with Crippen LogP contribution < -0.4 is 10.6 Å². The lowest BCUT2D eigenvalue weighted by atomic mass is 10.1. The molecule has 2 N–H and O–H groups in total. The Hall–Kier alpha value is -2.69. The summed E-state index contributed by atoms with van der Waals surface area (Å²) in [6, 6.07) is 13.4. The molecule has 0 spiro atoms. The molecule has 0 atom stereocenters. The van der Waals surface area contributed by atoms with E-state index in [9.17, 15) is 9.59 Å². The number of fused-ring (bicyclic) bond motifs is 11. The Bertz CT molecular complexity index is 741. The maximum atomic E-state index is 12.3. The zero-order valence-corrected chi connectivity index (χ0v) is 14.3. The highest BCUT2D eigenvalue weighted by Gasteiger charge is 2.09. The number of benzene rings is 1. The van der Waals surface area contributed by atoms with Gasteiger partial charge in [0.1, 0.15) is 5.69 Å². The van der Waals surface area contributed by atoms with Crippen molar-refractivity contribution in [2.24, 2.45) is 0 Å². The maximum Gasteiger partial charge on any atom is 0.270 e. The second kappa shape index (κ2) is 8.42. The monoisotopic (exact) mass is 337 g/mol. The van der Waals surface area contributed by atoms with Crippen LogP contribution in [0.25, 0.3) is 0 Å². The third-order valence-corrected chi connectivity index (χ3v) is 4.34. The second-order valence-electron chi connectivity index (χ2n) is 6.35. The van der Waals surface area contributed by atoms with E-state index in [0.29, 0.717) is 25.2 Å².